The molecule has 5 heterocycles. The van der Waals surface area contributed by atoms with Gasteiger partial charge in [-0.3, -0.25) is 14.0 Å². The molecule has 2 fully saturated rings. The Kier molecular flexibility index (Phi) is 6.33. The third-order valence-electron chi connectivity index (χ3n) is 7.69. The number of benzene rings is 1. The highest BCUT2D eigenvalue weighted by Crippen LogP contribution is 2.38. The van der Waals surface area contributed by atoms with Crippen molar-refractivity contribution in [2.75, 3.05) is 17.6 Å². The lowest BCUT2D eigenvalue weighted by Gasteiger charge is -2.34. The van der Waals surface area contributed by atoms with Gasteiger partial charge < -0.3 is 16.0 Å². The van der Waals surface area contributed by atoms with Gasteiger partial charge >= 0.3 is 6.18 Å². The molecule has 2 aliphatic heterocycles. The minimum Gasteiger partial charge on any atom is -0.382 e. The fourth-order valence-electron chi connectivity index (χ4n) is 5.67. The van der Waals surface area contributed by atoms with E-state index in [2.05, 4.69) is 15.3 Å². The number of hydrogen-bond acceptors (Lipinski definition) is 7. The number of anilines is 2. The zero-order valence-corrected chi connectivity index (χ0v) is 21.5. The molecule has 0 unspecified atom stereocenters. The number of nitrogens with zero attached hydrogens (tertiary/aromatic N) is 6. The summed E-state index contributed by atoms with van der Waals surface area (Å²) in [6.07, 6.45) is 2.63. The smallest absolute Gasteiger partial charge is 0.382 e. The lowest BCUT2D eigenvalue weighted by atomic mass is 9.92. The van der Waals surface area contributed by atoms with Crippen molar-refractivity contribution in [3.63, 3.8) is 0 Å². The Balaban J connectivity index is 1.28. The largest absolute Gasteiger partial charge is 0.417 e. The number of fused-ring (bicyclic) bond motifs is 2. The van der Waals surface area contributed by atoms with Crippen molar-refractivity contribution in [2.24, 2.45) is 0 Å². The zero-order valence-electron chi connectivity index (χ0n) is 21.5. The van der Waals surface area contributed by atoms with E-state index >= 15 is 0 Å². The third kappa shape index (κ3) is 4.71. The van der Waals surface area contributed by atoms with Crippen LogP contribution < -0.4 is 11.1 Å². The van der Waals surface area contributed by atoms with E-state index in [0.717, 1.165) is 31.3 Å². The van der Waals surface area contributed by atoms with Gasteiger partial charge in [-0.1, -0.05) is 12.1 Å². The topological polar surface area (TPSA) is 142 Å². The molecule has 0 spiro atoms. The summed E-state index contributed by atoms with van der Waals surface area (Å²) in [5.74, 6) is 0.230. The molecule has 2 atom stereocenters. The predicted octanol–water partition coefficient (Wildman–Crippen LogP) is 4.38. The number of hydrogen-bond donors (Lipinski definition) is 2. The summed E-state index contributed by atoms with van der Waals surface area (Å²) in [4.78, 5) is 40.1. The van der Waals surface area contributed by atoms with E-state index in [1.54, 1.807) is 24.5 Å². The van der Waals surface area contributed by atoms with E-state index in [4.69, 9.17) is 16.0 Å². The normalized spacial score (nSPS) is 18.8. The van der Waals surface area contributed by atoms with Crippen molar-refractivity contribution >= 4 is 29.0 Å². The van der Waals surface area contributed by atoms with Crippen LogP contribution in [0.2, 0.25) is 0 Å². The van der Waals surface area contributed by atoms with Gasteiger partial charge in [-0.15, -0.1) is 0 Å². The summed E-state index contributed by atoms with van der Waals surface area (Å²) in [7, 11) is 0. The van der Waals surface area contributed by atoms with Crippen LogP contribution in [-0.2, 0) is 11.0 Å². The second kappa shape index (κ2) is 9.88. The summed E-state index contributed by atoms with van der Waals surface area (Å²) in [6, 6.07) is 8.74. The fourth-order valence-corrected chi connectivity index (χ4v) is 5.67. The minimum absolute atomic E-state index is 0.0166. The summed E-state index contributed by atoms with van der Waals surface area (Å²) < 4.78 is 41.8. The van der Waals surface area contributed by atoms with Crippen molar-refractivity contribution in [1.82, 2.24) is 24.3 Å². The maximum absolute atomic E-state index is 13.3. The number of piperidine rings is 1. The van der Waals surface area contributed by atoms with E-state index in [-0.39, 0.29) is 35.1 Å². The number of rotatable bonds is 4. The van der Waals surface area contributed by atoms with Gasteiger partial charge in [-0.05, 0) is 37.5 Å². The van der Waals surface area contributed by atoms with Crippen LogP contribution in [0, 0.1) is 11.3 Å². The highest BCUT2D eigenvalue weighted by molar-refractivity contribution is 6.04. The van der Waals surface area contributed by atoms with E-state index in [0.29, 0.717) is 35.8 Å². The molecule has 13 heteroatoms. The fraction of sp³-hybridized carbons (Fsp3) is 0.286. The van der Waals surface area contributed by atoms with Crippen LogP contribution in [0.3, 0.4) is 0 Å². The molecule has 3 N–H and O–H groups in total. The third-order valence-corrected chi connectivity index (χ3v) is 7.69. The van der Waals surface area contributed by atoms with Gasteiger partial charge in [0.2, 0.25) is 5.91 Å². The van der Waals surface area contributed by atoms with Gasteiger partial charge in [0.15, 0.2) is 0 Å². The van der Waals surface area contributed by atoms with Gasteiger partial charge in [-0.2, -0.15) is 18.4 Å². The van der Waals surface area contributed by atoms with Crippen molar-refractivity contribution in [1.29, 1.82) is 5.26 Å². The van der Waals surface area contributed by atoms with Crippen LogP contribution >= 0.6 is 0 Å². The predicted molar refractivity (Wildman–Crippen MR) is 141 cm³/mol. The van der Waals surface area contributed by atoms with Gasteiger partial charge in [0.05, 0.1) is 11.1 Å². The number of nitriles is 1. The second-order valence-corrected chi connectivity index (χ2v) is 10.1. The Hall–Kier alpha value is -4.99. The molecule has 2 amide bonds. The molecule has 208 valence electrons. The van der Waals surface area contributed by atoms with Crippen LogP contribution in [0.5, 0.6) is 0 Å². The average Bonchev–Trinajstić information content (AvgIpc) is 3.54. The number of aromatic nitrogens is 4. The number of nitrogens with one attached hydrogen (secondary N) is 1. The number of nitrogens with two attached hydrogens (primary N) is 1. The number of halogens is 3. The Labute approximate surface area is 231 Å². The minimum atomic E-state index is -4.78. The molecule has 2 saturated heterocycles. The molecule has 0 bridgehead atoms. The molecular weight excluding hydrogens is 537 g/mol. The molecule has 3 aromatic heterocycles. The average molecular weight is 561 g/mol. The first kappa shape index (κ1) is 26.2. The number of nitrogen functional groups attached to an aromatic ring is 1. The van der Waals surface area contributed by atoms with Gasteiger partial charge in [0.25, 0.3) is 5.91 Å². The molecule has 2 aliphatic rings. The van der Waals surface area contributed by atoms with Crippen molar-refractivity contribution in [3.05, 3.63) is 71.4 Å². The van der Waals surface area contributed by atoms with Gasteiger partial charge in [0, 0.05) is 54.6 Å². The molecule has 4 aromatic rings. The monoisotopic (exact) mass is 560 g/mol. The second-order valence-electron chi connectivity index (χ2n) is 10.1. The first-order valence-electron chi connectivity index (χ1n) is 12.9. The van der Waals surface area contributed by atoms with Crippen LogP contribution in [0.25, 0.3) is 16.8 Å². The van der Waals surface area contributed by atoms with Gasteiger partial charge in [-0.25, -0.2) is 15.0 Å². The Morgan fingerprint density at radius 3 is 2.66 bits per heavy atom. The Morgan fingerprint density at radius 1 is 1.15 bits per heavy atom. The molecule has 10 nitrogen and oxygen atoms in total. The maximum Gasteiger partial charge on any atom is 0.417 e. The van der Waals surface area contributed by atoms with Crippen LogP contribution in [0.15, 0.2) is 48.9 Å². The SMILES string of the molecule is N#Cc1cnc(NC(=O)c2ccc(-c3nc([C@@H]4CC[C@H]5CCC(=O)N5C4)n4ccnc(N)c34)cc2)cc1C(F)(F)F. The first-order valence-corrected chi connectivity index (χ1v) is 12.9. The highest BCUT2D eigenvalue weighted by atomic mass is 19.4. The number of imidazole rings is 1. The molecule has 0 radical (unpaired) electrons. The highest BCUT2D eigenvalue weighted by Gasteiger charge is 2.38. The quantitative estimate of drug-likeness (QED) is 0.377. The van der Waals surface area contributed by atoms with Crippen LogP contribution in [0.1, 0.15) is 58.9 Å². The molecule has 41 heavy (non-hydrogen) atoms. The number of carbonyl (C=O) groups is 2. The van der Waals surface area contributed by atoms with Crippen molar-refractivity contribution < 1.29 is 22.8 Å². The van der Waals surface area contributed by atoms with E-state index < -0.39 is 23.2 Å². The van der Waals surface area contributed by atoms with Crippen molar-refractivity contribution in [2.45, 2.75) is 43.8 Å². The molecule has 0 aliphatic carbocycles. The van der Waals surface area contributed by atoms with Crippen LogP contribution in [-0.4, -0.2) is 48.7 Å². The van der Waals surface area contributed by atoms with E-state index in [1.165, 1.54) is 18.2 Å². The summed E-state index contributed by atoms with van der Waals surface area (Å²) >= 11 is 0. The first-order chi connectivity index (χ1) is 19.6. The Morgan fingerprint density at radius 2 is 1.93 bits per heavy atom. The summed E-state index contributed by atoms with van der Waals surface area (Å²) in [5.41, 5.74) is 6.45. The number of amides is 2. The zero-order chi connectivity index (χ0) is 28.9. The number of alkyl halides is 3. The molecular formula is C28H23F3N8O2. The van der Waals surface area contributed by atoms with Gasteiger partial charge in [0.1, 0.15) is 34.7 Å². The summed E-state index contributed by atoms with van der Waals surface area (Å²) in [5, 5.41) is 11.3. The molecule has 6 rings (SSSR count). The van der Waals surface area contributed by atoms with E-state index in [1.807, 2.05) is 9.30 Å². The Bertz CT molecular complexity index is 1730. The van der Waals surface area contributed by atoms with Crippen molar-refractivity contribution in [3.8, 4) is 17.3 Å². The maximum atomic E-state index is 13.3. The van der Waals surface area contributed by atoms with E-state index in [9.17, 15) is 22.8 Å². The lowest BCUT2D eigenvalue weighted by molar-refractivity contribution is -0.137. The number of carbonyl (C=O) groups excluding carboxylic acids is 2. The standard InChI is InChI=1S/C28H23F3N8O2/c29-28(30,31)20-11-21(35-13-18(20)12-32)36-27(41)16-3-1-15(2-4-16)23-24-25(33)34-9-10-38(24)26(37-23)17-5-6-19-7-8-22(40)39(19)14-17/h1-4,9-11,13,17,19H,5-8,14H2,(H2,33,34)(H,35,36,41)/t17-,19+/m1/s1. The van der Waals surface area contributed by atoms with Crippen LogP contribution in [0.4, 0.5) is 24.8 Å². The lowest BCUT2D eigenvalue weighted by Crippen LogP contribution is -2.41. The summed E-state index contributed by atoms with van der Waals surface area (Å²) in [6.45, 7) is 0.586. The molecule has 1 aromatic carbocycles. The molecule has 0 saturated carbocycles. The number of pyridine rings is 1.